The van der Waals surface area contributed by atoms with Crippen LogP contribution in [0.15, 0.2) is 152 Å². The van der Waals surface area contributed by atoms with Crippen molar-refractivity contribution in [2.45, 2.75) is 212 Å². The van der Waals surface area contributed by atoms with E-state index in [1.807, 2.05) is 30.3 Å². The van der Waals surface area contributed by atoms with Crippen LogP contribution in [-0.4, -0.2) is 272 Å². The van der Waals surface area contributed by atoms with E-state index in [1.54, 1.807) is 159 Å². The van der Waals surface area contributed by atoms with Crippen molar-refractivity contribution >= 4 is 130 Å². The van der Waals surface area contributed by atoms with Gasteiger partial charge in [0.05, 0.1) is 57.1 Å². The number of anilines is 1. The smallest absolute Gasteiger partial charge is 0.309 e. The average molecular weight is 2010 g/mol. The zero-order chi connectivity index (χ0) is 105. The monoisotopic (exact) mass is 2010 g/mol. The number of thioether (sulfide) groups is 1. The summed E-state index contributed by atoms with van der Waals surface area (Å²) in [4.78, 5) is 276. The highest BCUT2D eigenvalue weighted by Gasteiger charge is 2.44. The van der Waals surface area contributed by atoms with Crippen molar-refractivity contribution in [3.05, 3.63) is 186 Å². The number of hydrogen-bond donors (Lipinski definition) is 20. The molecule has 0 radical (unpaired) electrons. The number of likely N-dealkylation sites (N-methyl/N-ethyl adjacent to an activating group) is 1. The molecule has 0 saturated carbocycles. The second-order valence-corrected chi connectivity index (χ2v) is 38.5. The van der Waals surface area contributed by atoms with Crippen LogP contribution in [0, 0.1) is 28.6 Å². The fourth-order valence-electron chi connectivity index (χ4n) is 16.2. The number of amides is 16. The van der Waals surface area contributed by atoms with Crippen LogP contribution < -0.4 is 85.9 Å². The molecule has 2 fully saturated rings. The molecule has 4 heterocycles. The number of esters is 1. The molecule has 0 spiro atoms. The molecular weight excluding hydrogens is 1880 g/mol. The number of carboxylic acids is 1. The molecule has 44 heteroatoms. The van der Waals surface area contributed by atoms with Gasteiger partial charge in [0.15, 0.2) is 5.96 Å². The molecular formula is C100H131N23O20S. The third kappa shape index (κ3) is 34.5. The van der Waals surface area contributed by atoms with Crippen molar-refractivity contribution in [1.82, 2.24) is 98.9 Å². The minimum Gasteiger partial charge on any atom is -0.481 e. The van der Waals surface area contributed by atoms with E-state index in [-0.39, 0.29) is 94.6 Å². The summed E-state index contributed by atoms with van der Waals surface area (Å²) in [7, 11) is 2.50. The summed E-state index contributed by atoms with van der Waals surface area (Å²) < 4.78 is 4.79. The van der Waals surface area contributed by atoms with Gasteiger partial charge in [-0.1, -0.05) is 172 Å². The number of guanidine groups is 1. The summed E-state index contributed by atoms with van der Waals surface area (Å²) in [6.07, 6.45) is 3.14. The van der Waals surface area contributed by atoms with Gasteiger partial charge in [-0.05, 0) is 118 Å². The number of ether oxygens (including phenoxy) is 1. The Morgan fingerprint density at radius 2 is 1.16 bits per heavy atom. The summed E-state index contributed by atoms with van der Waals surface area (Å²) in [5.74, 6) is -19.8. The lowest BCUT2D eigenvalue weighted by Gasteiger charge is -2.33. The van der Waals surface area contributed by atoms with Gasteiger partial charge in [0.25, 0.3) is 5.91 Å². The van der Waals surface area contributed by atoms with Crippen LogP contribution in [0.3, 0.4) is 0 Å². The van der Waals surface area contributed by atoms with Gasteiger partial charge in [0.2, 0.25) is 88.6 Å². The number of imidazole rings is 2. The van der Waals surface area contributed by atoms with Crippen LogP contribution >= 0.6 is 11.8 Å². The van der Waals surface area contributed by atoms with E-state index in [2.05, 4.69) is 94.4 Å². The number of H-pyrrole nitrogens is 2. The largest absolute Gasteiger partial charge is 0.481 e. The number of hydrogen-bond acceptors (Lipinski definition) is 23. The van der Waals surface area contributed by atoms with Gasteiger partial charge in [0.1, 0.15) is 72.5 Å². The maximum atomic E-state index is 15.7. The first kappa shape index (κ1) is 112. The molecule has 2 aromatic heterocycles. The number of benzene rings is 5. The molecule has 13 atom stereocenters. The van der Waals surface area contributed by atoms with Crippen LogP contribution in [0.5, 0.6) is 0 Å². The number of aromatic nitrogens is 4. The predicted octanol–water partition coefficient (Wildman–Crippen LogP) is 1.37. The number of aromatic amines is 2. The first-order chi connectivity index (χ1) is 68.4. The molecule has 9 rings (SSSR count). The fourth-order valence-corrected chi connectivity index (χ4v) is 17.1. The highest BCUT2D eigenvalue weighted by Crippen LogP contribution is 2.28. The Morgan fingerprint density at radius 3 is 1.74 bits per heavy atom. The minimum atomic E-state index is -2.03. The Labute approximate surface area is 837 Å². The number of methoxy groups -OCH3 is 1. The van der Waals surface area contributed by atoms with Crippen LogP contribution in [0.25, 0.3) is 22.3 Å². The van der Waals surface area contributed by atoms with E-state index in [0.29, 0.717) is 39.1 Å². The standard InChI is InChI=1S/C100H131N23O20S/c1-12-57(6)84-98(142)123-38-18-24-77(123)94(138)120-83(56(4)5)95(139)115-73(45-68-48-105-54-109-68)92(136)113-70(39-55(2)3)89(133)118-76(87(131)107-49-78(101)124)51-144-52-80(126)119-85(100(7,8)9)96(140)116-71(41-58-25-29-62(30-26-58)61-20-14-13-15-21-61)90(134)117-75(42-59-27-31-63(32-28-59)64-33-35-66(36-34-64)110-86(130)65-22-16-19-60(40-65)43-82(129)143-11)97(141)122(10)50-79(125)111-72(44-67-47-104-53-108-67)91(135)114-74(46-81(127)128)93(137)112-69(88(132)121-84)23-17-37-106-99(102)103/h13-16,19-22,25-36,40,47-48,53-57,69-77,83-85H,12,17-18,23-24,37-39,41-46,49-52H2,1-11H3,(H2,101,124)(H,104,108)(H,105,109)(H,107,131)(H,110,130)(H,111,125)(H,112,137)(H,113,136)(H,114,135)(H,115,139)(H,116,140)(H,117,134)(H,118,133)(H,119,126)(H,120,138)(H,121,132)(H,127,128)(H4,102,103,106)/t57-,69+,70-,71-,72-,73-,74-,75-,76-,77-,83-,84-,85+/m0/s1. The average Bonchev–Trinajstić information content (AvgIpc) is 1.74. The molecule has 43 nitrogen and oxygen atoms in total. The number of primary amides is 1. The van der Waals surface area contributed by atoms with E-state index in [4.69, 9.17) is 21.6 Å². The molecule has 16 amide bonds. The second-order valence-electron chi connectivity index (χ2n) is 37.5. The van der Waals surface area contributed by atoms with Crippen molar-refractivity contribution in [3.8, 4) is 22.3 Å². The van der Waals surface area contributed by atoms with Crippen LogP contribution in [0.4, 0.5) is 5.69 Å². The van der Waals surface area contributed by atoms with E-state index in [0.717, 1.165) is 27.8 Å². The molecule has 22 N–H and O–H groups in total. The van der Waals surface area contributed by atoms with Crippen molar-refractivity contribution < 1.29 is 96.1 Å². The van der Waals surface area contributed by atoms with Gasteiger partial charge in [-0.25, -0.2) is 9.97 Å². The third-order valence-electron chi connectivity index (χ3n) is 24.2. The lowest BCUT2D eigenvalue weighted by Crippen LogP contribution is -2.62. The summed E-state index contributed by atoms with van der Waals surface area (Å²) in [6.45, 7) is 13.4. The molecule has 0 bridgehead atoms. The normalized spacial score (nSPS) is 21.7. The molecule has 5 aromatic carbocycles. The van der Waals surface area contributed by atoms with Crippen molar-refractivity contribution in [1.29, 1.82) is 5.41 Å². The Bertz CT molecular complexity index is 5670. The zero-order valence-corrected chi connectivity index (χ0v) is 83.2. The van der Waals surface area contributed by atoms with Crippen LogP contribution in [0.1, 0.15) is 146 Å². The maximum absolute atomic E-state index is 15.7. The first-order valence-electron chi connectivity index (χ1n) is 47.5. The van der Waals surface area contributed by atoms with Crippen molar-refractivity contribution in [2.75, 3.05) is 57.2 Å². The summed E-state index contributed by atoms with van der Waals surface area (Å²) in [5.41, 5.74) is 15.6. The number of nitrogens with zero attached hydrogens (tertiary/aromatic N) is 4. The number of carbonyl (C=O) groups is 18. The molecule has 0 aliphatic carbocycles. The zero-order valence-electron chi connectivity index (χ0n) is 82.4. The SMILES string of the molecule is CC[C@H](C)[C@@H]1NC(=O)[C@@H](CCCNC(=N)N)NC(=O)[C@H](CC(=O)O)NC(=O)[C@H](Cc2cnc[nH]2)NC(=O)CN(C)C(=O)[C@H](Cc2ccc(-c3ccc(NC(=O)c4cccc(CC(=O)OC)c4)cc3)cc2)NC(=O)[C@H](Cc2ccc(-c3ccccc3)cc2)NC(=O)[C@H](C(C)(C)C)NC(=O)CSC[C@@H](C(=O)NCC(N)=O)NC(=O)[C@H](CC(C)C)NC(=O)[C@H](Cc2c[nH]cn2)NC(=O)[C@H](C(C)C)NC(=O)[C@@H]2CCCN2C1=O. The molecule has 2 saturated heterocycles. The molecule has 0 unspecified atom stereocenters. The van der Waals surface area contributed by atoms with Crippen molar-refractivity contribution in [3.63, 3.8) is 0 Å². The fraction of sp³-hybridized carbons (Fsp3) is 0.450. The maximum Gasteiger partial charge on any atom is 0.309 e. The molecule has 2 aliphatic rings. The quantitative estimate of drug-likeness (QED) is 0.0142. The lowest BCUT2D eigenvalue weighted by molar-refractivity contribution is -0.144. The lowest BCUT2D eigenvalue weighted by atomic mass is 9.85. The number of nitrogens with one attached hydrogen (secondary N) is 17. The number of carboxylic acid groups (broad SMARTS) is 1. The highest BCUT2D eigenvalue weighted by atomic mass is 32.2. The highest BCUT2D eigenvalue weighted by molar-refractivity contribution is 8.00. The Morgan fingerprint density at radius 1 is 0.590 bits per heavy atom. The van der Waals surface area contributed by atoms with Crippen LogP contribution in [-0.2, 0) is 118 Å². The van der Waals surface area contributed by atoms with Crippen LogP contribution in [0.2, 0.25) is 0 Å². The number of nitrogens with two attached hydrogens (primary N) is 2. The van der Waals surface area contributed by atoms with E-state index in [9.17, 15) is 67.4 Å². The number of carbonyl (C=O) groups excluding carboxylic acids is 17. The summed E-state index contributed by atoms with van der Waals surface area (Å²) >= 11 is 0.815. The van der Waals surface area contributed by atoms with E-state index >= 15 is 24.0 Å². The molecule has 772 valence electrons. The first-order valence-corrected chi connectivity index (χ1v) is 48.7. The predicted molar refractivity (Wildman–Crippen MR) is 534 cm³/mol. The van der Waals surface area contributed by atoms with Gasteiger partial charge < -0.3 is 116 Å². The van der Waals surface area contributed by atoms with Gasteiger partial charge in [-0.3, -0.25) is 91.7 Å². The molecule has 2 aliphatic heterocycles. The molecule has 7 aromatic rings. The number of rotatable bonds is 28. The Kier molecular flexibility index (Phi) is 42.1. The topological polar surface area (TPSA) is 645 Å². The Hall–Kier alpha value is -15.4. The molecule has 144 heavy (non-hydrogen) atoms. The van der Waals surface area contributed by atoms with Gasteiger partial charge in [0, 0.05) is 80.9 Å². The van der Waals surface area contributed by atoms with Gasteiger partial charge in [-0.15, -0.1) is 11.8 Å². The summed E-state index contributed by atoms with van der Waals surface area (Å²) in [5, 5.41) is 55.7. The second kappa shape index (κ2) is 54.0. The van der Waals surface area contributed by atoms with E-state index < -0.39 is 240 Å². The number of fused-ring (bicyclic) bond motifs is 1. The van der Waals surface area contributed by atoms with Crippen molar-refractivity contribution in [2.24, 2.45) is 34.6 Å². The minimum absolute atomic E-state index is 0.0101. The van der Waals surface area contributed by atoms with Gasteiger partial charge >= 0.3 is 11.9 Å². The van der Waals surface area contributed by atoms with Gasteiger partial charge in [-0.2, -0.15) is 0 Å². The number of aliphatic carboxylic acids is 1. The Balaban J connectivity index is 1.10. The third-order valence-corrected chi connectivity index (χ3v) is 25.3. The summed E-state index contributed by atoms with van der Waals surface area (Å²) in [6, 6.07) is 17.9. The van der Waals surface area contributed by atoms with E-state index in [1.165, 1.54) is 44.1 Å².